The van der Waals surface area contributed by atoms with Gasteiger partial charge in [0.15, 0.2) is 0 Å². The number of nitrogens with one attached hydrogen (secondary N) is 1. The molecular weight excluding hydrogens is 392 g/mol. The Kier molecular flexibility index (Phi) is 7.47. The lowest BCUT2D eigenvalue weighted by atomic mass is 10.0. The van der Waals surface area contributed by atoms with Crippen LogP contribution in [0.1, 0.15) is 38.3 Å². The number of hydrogen-bond donors (Lipinski definition) is 1. The molecule has 0 aromatic heterocycles. The molecule has 1 aliphatic heterocycles. The van der Waals surface area contributed by atoms with Crippen LogP contribution in [0, 0.1) is 6.92 Å². The number of benzene rings is 2. The van der Waals surface area contributed by atoms with Crippen molar-refractivity contribution in [3.8, 4) is 5.75 Å². The Hall–Kier alpha value is -3.12. The molecule has 2 amide bonds. The van der Waals surface area contributed by atoms with Gasteiger partial charge in [-0.05, 0) is 69.5 Å². The molecule has 6 heteroatoms. The Morgan fingerprint density at radius 1 is 1.03 bits per heavy atom. The second-order valence-electron chi connectivity index (χ2n) is 7.74. The number of rotatable bonds is 10. The highest BCUT2D eigenvalue weighted by atomic mass is 16.5. The highest BCUT2D eigenvalue weighted by molar-refractivity contribution is 6.36. The van der Waals surface area contributed by atoms with Gasteiger partial charge in [0.05, 0.1) is 18.3 Å². The molecule has 0 unspecified atom stereocenters. The van der Waals surface area contributed by atoms with E-state index in [9.17, 15) is 9.59 Å². The lowest BCUT2D eigenvalue weighted by molar-refractivity contribution is -0.137. The number of carbonyl (C=O) groups is 2. The van der Waals surface area contributed by atoms with Crippen LogP contribution in [0.15, 0.2) is 54.2 Å². The van der Waals surface area contributed by atoms with E-state index >= 15 is 0 Å². The van der Waals surface area contributed by atoms with Gasteiger partial charge in [0, 0.05) is 18.8 Å². The quantitative estimate of drug-likeness (QED) is 0.454. The maximum absolute atomic E-state index is 13.3. The molecule has 3 rings (SSSR count). The van der Waals surface area contributed by atoms with Crippen LogP contribution >= 0.6 is 0 Å². The molecule has 0 atom stereocenters. The summed E-state index contributed by atoms with van der Waals surface area (Å²) in [7, 11) is 0. The summed E-state index contributed by atoms with van der Waals surface area (Å²) >= 11 is 0. The van der Waals surface area contributed by atoms with Crippen LogP contribution in [0.2, 0.25) is 0 Å². The predicted molar refractivity (Wildman–Crippen MR) is 122 cm³/mol. The first-order valence-electron chi connectivity index (χ1n) is 10.7. The molecule has 0 saturated carbocycles. The number of nitrogens with zero attached hydrogens (tertiary/aromatic N) is 1. The highest BCUT2D eigenvalue weighted by Gasteiger charge is 2.38. The monoisotopic (exact) mass is 422 g/mol. The van der Waals surface area contributed by atoms with Crippen molar-refractivity contribution < 1.29 is 19.1 Å². The van der Waals surface area contributed by atoms with E-state index < -0.39 is 0 Å². The maximum atomic E-state index is 13.3. The number of aryl methyl sites for hydroxylation is 1. The molecule has 0 aliphatic carbocycles. The van der Waals surface area contributed by atoms with Gasteiger partial charge >= 0.3 is 0 Å². The number of hydrogen-bond acceptors (Lipinski definition) is 5. The zero-order chi connectivity index (χ0) is 22.4. The van der Waals surface area contributed by atoms with Crippen molar-refractivity contribution in [2.24, 2.45) is 0 Å². The van der Waals surface area contributed by atoms with E-state index in [0.717, 1.165) is 17.0 Å². The van der Waals surface area contributed by atoms with Gasteiger partial charge < -0.3 is 14.8 Å². The van der Waals surface area contributed by atoms with Crippen molar-refractivity contribution in [2.75, 3.05) is 25.1 Å². The van der Waals surface area contributed by atoms with Gasteiger partial charge in [-0.25, -0.2) is 0 Å². The molecule has 6 nitrogen and oxygen atoms in total. The average molecular weight is 423 g/mol. The predicted octanol–water partition coefficient (Wildman–Crippen LogP) is 4.40. The third-order valence-electron chi connectivity index (χ3n) is 4.89. The number of anilines is 1. The molecule has 0 bridgehead atoms. The van der Waals surface area contributed by atoms with Crippen molar-refractivity contribution in [3.05, 3.63) is 65.4 Å². The summed E-state index contributed by atoms with van der Waals surface area (Å²) in [6, 6.07) is 15.0. The third-order valence-corrected chi connectivity index (χ3v) is 4.89. The SMILES string of the molecule is CCOc1ccc(C2=C(Nc3cccc(C)c3)C(=O)N(CCCOC(C)C)C2=O)cc1. The number of ether oxygens (including phenoxy) is 2. The molecule has 31 heavy (non-hydrogen) atoms. The normalized spacial score (nSPS) is 14.0. The van der Waals surface area contributed by atoms with Gasteiger partial charge in [-0.2, -0.15) is 0 Å². The maximum Gasteiger partial charge on any atom is 0.278 e. The van der Waals surface area contributed by atoms with Crippen molar-refractivity contribution in [1.82, 2.24) is 4.90 Å². The van der Waals surface area contributed by atoms with Crippen molar-refractivity contribution in [1.29, 1.82) is 0 Å². The summed E-state index contributed by atoms with van der Waals surface area (Å²) < 4.78 is 11.1. The van der Waals surface area contributed by atoms with E-state index in [1.807, 2.05) is 76.2 Å². The molecule has 164 valence electrons. The van der Waals surface area contributed by atoms with Gasteiger partial charge in [-0.15, -0.1) is 0 Å². The summed E-state index contributed by atoms with van der Waals surface area (Å²) in [6.07, 6.45) is 0.699. The zero-order valence-corrected chi connectivity index (χ0v) is 18.6. The van der Waals surface area contributed by atoms with Gasteiger partial charge in [-0.3, -0.25) is 14.5 Å². The fourth-order valence-electron chi connectivity index (χ4n) is 3.46. The minimum Gasteiger partial charge on any atom is -0.494 e. The van der Waals surface area contributed by atoms with Gasteiger partial charge in [0.1, 0.15) is 11.4 Å². The lowest BCUT2D eigenvalue weighted by Crippen LogP contribution is -2.34. The standard InChI is InChI=1S/C25H30N2O4/c1-5-30-21-12-10-19(11-13-21)22-23(26-20-9-6-8-18(4)16-20)25(29)27(24(22)28)14-7-15-31-17(2)3/h6,8-13,16-17,26H,5,7,14-15H2,1-4H3. The van der Waals surface area contributed by atoms with Gasteiger partial charge in [0.2, 0.25) is 0 Å². The average Bonchev–Trinajstić information content (AvgIpc) is 2.96. The minimum absolute atomic E-state index is 0.112. The Morgan fingerprint density at radius 2 is 1.77 bits per heavy atom. The van der Waals surface area contributed by atoms with Crippen LogP contribution < -0.4 is 10.1 Å². The fraction of sp³-hybridized carbons (Fsp3) is 0.360. The number of amides is 2. The summed E-state index contributed by atoms with van der Waals surface area (Å²) in [6.45, 7) is 9.18. The largest absolute Gasteiger partial charge is 0.494 e. The highest BCUT2D eigenvalue weighted by Crippen LogP contribution is 2.31. The summed E-state index contributed by atoms with van der Waals surface area (Å²) in [5, 5.41) is 3.19. The Bertz CT molecular complexity index is 964. The number of imide groups is 1. The van der Waals surface area contributed by atoms with E-state index in [4.69, 9.17) is 9.47 Å². The molecule has 2 aromatic carbocycles. The van der Waals surface area contributed by atoms with Crippen molar-refractivity contribution >= 4 is 23.1 Å². The first-order chi connectivity index (χ1) is 14.9. The van der Waals surface area contributed by atoms with E-state index in [1.165, 1.54) is 4.90 Å². The molecule has 1 heterocycles. The van der Waals surface area contributed by atoms with Crippen molar-refractivity contribution in [2.45, 2.75) is 40.2 Å². The first-order valence-corrected chi connectivity index (χ1v) is 10.7. The molecule has 0 spiro atoms. The second kappa shape index (κ2) is 10.3. The molecule has 2 aromatic rings. The van der Waals surface area contributed by atoms with E-state index in [1.54, 1.807) is 0 Å². The third kappa shape index (κ3) is 5.52. The van der Waals surface area contributed by atoms with Crippen LogP contribution in [0.4, 0.5) is 5.69 Å². The van der Waals surface area contributed by atoms with Crippen molar-refractivity contribution in [3.63, 3.8) is 0 Å². The van der Waals surface area contributed by atoms with Crippen LogP contribution in [-0.4, -0.2) is 42.6 Å². The molecular formula is C25H30N2O4. The Balaban J connectivity index is 1.90. The summed E-state index contributed by atoms with van der Waals surface area (Å²) in [5.41, 5.74) is 3.18. The van der Waals surface area contributed by atoms with E-state index in [-0.39, 0.29) is 17.9 Å². The van der Waals surface area contributed by atoms with Crippen LogP contribution in [-0.2, 0) is 14.3 Å². The van der Waals surface area contributed by atoms with E-state index in [2.05, 4.69) is 5.32 Å². The smallest absolute Gasteiger partial charge is 0.278 e. The molecule has 1 N–H and O–H groups in total. The molecule has 1 aliphatic rings. The number of carbonyl (C=O) groups excluding carboxylic acids is 2. The summed E-state index contributed by atoms with van der Waals surface area (Å²) in [4.78, 5) is 27.8. The topological polar surface area (TPSA) is 67.9 Å². The Labute approximate surface area is 183 Å². The second-order valence-corrected chi connectivity index (χ2v) is 7.74. The Morgan fingerprint density at radius 3 is 2.42 bits per heavy atom. The molecule has 0 fully saturated rings. The molecule has 0 saturated heterocycles. The van der Waals surface area contributed by atoms with Crippen LogP contribution in [0.25, 0.3) is 5.57 Å². The molecule has 0 radical (unpaired) electrons. The fourth-order valence-corrected chi connectivity index (χ4v) is 3.46. The van der Waals surface area contributed by atoms with Gasteiger partial charge in [-0.1, -0.05) is 24.3 Å². The van der Waals surface area contributed by atoms with Crippen LogP contribution in [0.5, 0.6) is 5.75 Å². The first kappa shape index (κ1) is 22.6. The summed E-state index contributed by atoms with van der Waals surface area (Å²) in [5.74, 6) is 0.105. The van der Waals surface area contributed by atoms with Gasteiger partial charge in [0.25, 0.3) is 11.8 Å². The zero-order valence-electron chi connectivity index (χ0n) is 18.6. The lowest BCUT2D eigenvalue weighted by Gasteiger charge is -2.16. The minimum atomic E-state index is -0.320. The van der Waals surface area contributed by atoms with Crippen LogP contribution in [0.3, 0.4) is 0 Å². The van der Waals surface area contributed by atoms with E-state index in [0.29, 0.717) is 43.0 Å².